The molecule has 0 fully saturated rings. The fourth-order valence-electron chi connectivity index (χ4n) is 7.46. The highest BCUT2D eigenvalue weighted by atomic mass is 16.6. The first-order chi connectivity index (χ1) is 27.7. The molecule has 0 aliphatic carbocycles. The van der Waals surface area contributed by atoms with Crippen molar-refractivity contribution in [3.05, 3.63) is 36.5 Å². The average Bonchev–Trinajstić information content (AvgIpc) is 3.20. The molecule has 0 aliphatic heterocycles. The van der Waals surface area contributed by atoms with Gasteiger partial charge < -0.3 is 14.6 Å². The summed E-state index contributed by atoms with van der Waals surface area (Å²) < 4.78 is 11.2. The Morgan fingerprint density at radius 1 is 0.429 bits per heavy atom. The fraction of sp³-hybridized carbons (Fsp3) is 0.865. The normalized spacial score (nSPS) is 12.6. The van der Waals surface area contributed by atoms with E-state index >= 15 is 0 Å². The second-order valence-corrected chi connectivity index (χ2v) is 16.9. The molecular weight excluding hydrogens is 689 g/mol. The third kappa shape index (κ3) is 47.0. The van der Waals surface area contributed by atoms with Crippen molar-refractivity contribution >= 4 is 5.97 Å². The topological polar surface area (TPSA) is 55.8 Å². The van der Waals surface area contributed by atoms with Gasteiger partial charge in [-0.2, -0.15) is 0 Å². The Labute approximate surface area is 350 Å². The molecule has 1 unspecified atom stereocenters. The van der Waals surface area contributed by atoms with Crippen molar-refractivity contribution in [3.63, 3.8) is 0 Å². The lowest BCUT2D eigenvalue weighted by atomic mass is 10.0. The second kappa shape index (κ2) is 49.8. The van der Waals surface area contributed by atoms with Crippen LogP contribution < -0.4 is 0 Å². The van der Waals surface area contributed by atoms with Gasteiger partial charge in [-0.1, -0.05) is 243 Å². The number of hydrogen-bond acceptors (Lipinski definition) is 4. The maximum Gasteiger partial charge on any atom is 0.306 e. The van der Waals surface area contributed by atoms with Crippen molar-refractivity contribution in [1.29, 1.82) is 0 Å². The predicted molar refractivity (Wildman–Crippen MR) is 247 cm³/mol. The predicted octanol–water partition coefficient (Wildman–Crippen LogP) is 16.8. The van der Waals surface area contributed by atoms with Gasteiger partial charge in [0.15, 0.2) is 0 Å². The Kier molecular flexibility index (Phi) is 48.5. The molecule has 4 nitrogen and oxygen atoms in total. The molecule has 0 radical (unpaired) electrons. The van der Waals surface area contributed by atoms with Gasteiger partial charge in [0.2, 0.25) is 0 Å². The van der Waals surface area contributed by atoms with E-state index < -0.39 is 6.10 Å². The zero-order valence-corrected chi connectivity index (χ0v) is 37.9. The number of carbonyl (C=O) groups is 1. The Bertz CT molecular complexity index is 833. The quantitative estimate of drug-likeness (QED) is 0.0379. The minimum Gasteiger partial charge on any atom is -0.457 e. The summed E-state index contributed by atoms with van der Waals surface area (Å²) in [6, 6.07) is 0. The number of aliphatic hydroxyl groups is 1. The van der Waals surface area contributed by atoms with Gasteiger partial charge in [0.1, 0.15) is 6.10 Å². The molecule has 0 amide bonds. The molecule has 0 heterocycles. The Morgan fingerprint density at radius 3 is 1.12 bits per heavy atom. The summed E-state index contributed by atoms with van der Waals surface area (Å²) >= 11 is 0. The molecule has 330 valence electrons. The molecule has 0 aromatic carbocycles. The fourth-order valence-corrected chi connectivity index (χ4v) is 7.46. The van der Waals surface area contributed by atoms with Crippen LogP contribution in [0.2, 0.25) is 0 Å². The molecular formula is C52H98O4. The van der Waals surface area contributed by atoms with Crippen molar-refractivity contribution < 1.29 is 19.4 Å². The van der Waals surface area contributed by atoms with E-state index in [-0.39, 0.29) is 12.6 Å². The molecule has 1 atom stereocenters. The molecule has 0 rings (SSSR count). The molecule has 4 heteroatoms. The van der Waals surface area contributed by atoms with E-state index in [1.807, 2.05) is 0 Å². The highest BCUT2D eigenvalue weighted by Gasteiger charge is 2.13. The van der Waals surface area contributed by atoms with Crippen LogP contribution in [0.3, 0.4) is 0 Å². The third-order valence-electron chi connectivity index (χ3n) is 11.2. The number of carbonyl (C=O) groups excluding carboxylic acids is 1. The van der Waals surface area contributed by atoms with Gasteiger partial charge in [-0.15, -0.1) is 0 Å². The molecule has 0 aliphatic rings. The van der Waals surface area contributed by atoms with Crippen LogP contribution in [0.5, 0.6) is 0 Å². The van der Waals surface area contributed by atoms with Gasteiger partial charge in [0.05, 0.1) is 13.2 Å². The summed E-state index contributed by atoms with van der Waals surface area (Å²) in [5.74, 6) is -0.200. The first-order valence-corrected chi connectivity index (χ1v) is 25.1. The van der Waals surface area contributed by atoms with E-state index in [4.69, 9.17) is 9.47 Å². The van der Waals surface area contributed by atoms with Crippen LogP contribution >= 0.6 is 0 Å². The average molecular weight is 787 g/mol. The largest absolute Gasteiger partial charge is 0.457 e. The molecule has 0 spiro atoms. The minimum atomic E-state index is -0.534. The van der Waals surface area contributed by atoms with Crippen molar-refractivity contribution in [2.75, 3.05) is 19.8 Å². The summed E-state index contributed by atoms with van der Waals surface area (Å²) in [5.41, 5.74) is 0. The number of rotatable bonds is 47. The standard InChI is InChI=1S/C52H98O4/c1-3-5-7-9-11-13-15-17-19-21-23-24-25-26-27-28-29-31-33-35-37-39-41-43-45-47-52(54)56-51(49-53)50-55-48-46-44-42-40-38-36-34-32-30-22-20-18-16-14-12-10-8-6-4-2/h15,17,21,23,25-26,51,53H,3-14,16,18-20,22,24,27-50H2,1-2H3/b17-15-,23-21-,26-25-. The SMILES string of the molecule is CCCCCCC/C=C\C/C=C\C/C=C\CCCCCCCCCCCCC(=O)OC(CO)COCCCCCCCCCCCCCCCCCCCCC. The number of allylic oxidation sites excluding steroid dienone is 6. The smallest absolute Gasteiger partial charge is 0.306 e. The summed E-state index contributed by atoms with van der Waals surface area (Å²) in [6.07, 6.45) is 63.7. The Morgan fingerprint density at radius 2 is 0.750 bits per heavy atom. The van der Waals surface area contributed by atoms with Gasteiger partial charge in [-0.05, 0) is 51.4 Å². The van der Waals surface area contributed by atoms with Crippen molar-refractivity contribution in [1.82, 2.24) is 0 Å². The van der Waals surface area contributed by atoms with E-state index in [0.29, 0.717) is 19.6 Å². The number of ether oxygens (including phenoxy) is 2. The zero-order chi connectivity index (χ0) is 40.5. The maximum absolute atomic E-state index is 12.3. The summed E-state index contributed by atoms with van der Waals surface area (Å²) in [4.78, 5) is 12.3. The maximum atomic E-state index is 12.3. The van der Waals surface area contributed by atoms with E-state index in [0.717, 1.165) is 32.1 Å². The second-order valence-electron chi connectivity index (χ2n) is 16.9. The first-order valence-electron chi connectivity index (χ1n) is 25.1. The molecule has 0 bridgehead atoms. The van der Waals surface area contributed by atoms with Crippen LogP contribution in [0.1, 0.15) is 264 Å². The Hall–Kier alpha value is -1.39. The number of hydrogen-bond donors (Lipinski definition) is 1. The summed E-state index contributed by atoms with van der Waals surface area (Å²) in [6.45, 7) is 5.37. The lowest BCUT2D eigenvalue weighted by Crippen LogP contribution is -2.27. The van der Waals surface area contributed by atoms with Crippen molar-refractivity contribution in [2.45, 2.75) is 270 Å². The lowest BCUT2D eigenvalue weighted by Gasteiger charge is -2.16. The number of esters is 1. The van der Waals surface area contributed by atoms with Gasteiger partial charge in [0.25, 0.3) is 0 Å². The molecule has 0 saturated carbocycles. The third-order valence-corrected chi connectivity index (χ3v) is 11.2. The highest BCUT2D eigenvalue weighted by Crippen LogP contribution is 2.16. The molecule has 56 heavy (non-hydrogen) atoms. The van der Waals surface area contributed by atoms with Crippen LogP contribution in [0.15, 0.2) is 36.5 Å². The summed E-state index contributed by atoms with van der Waals surface area (Å²) in [5, 5.41) is 9.64. The van der Waals surface area contributed by atoms with Crippen LogP contribution in [-0.2, 0) is 14.3 Å². The van der Waals surface area contributed by atoms with Gasteiger partial charge in [-0.25, -0.2) is 0 Å². The first kappa shape index (κ1) is 54.6. The van der Waals surface area contributed by atoms with Crippen LogP contribution in [0, 0.1) is 0 Å². The van der Waals surface area contributed by atoms with Gasteiger partial charge in [0, 0.05) is 13.0 Å². The van der Waals surface area contributed by atoms with Crippen LogP contribution in [0.4, 0.5) is 0 Å². The van der Waals surface area contributed by atoms with E-state index in [1.54, 1.807) is 0 Å². The van der Waals surface area contributed by atoms with Crippen molar-refractivity contribution in [2.24, 2.45) is 0 Å². The molecule has 0 saturated heterocycles. The minimum absolute atomic E-state index is 0.170. The van der Waals surface area contributed by atoms with Gasteiger partial charge >= 0.3 is 5.97 Å². The van der Waals surface area contributed by atoms with Crippen molar-refractivity contribution in [3.8, 4) is 0 Å². The van der Waals surface area contributed by atoms with Crippen LogP contribution in [-0.4, -0.2) is 37.0 Å². The van der Waals surface area contributed by atoms with Gasteiger partial charge in [-0.3, -0.25) is 4.79 Å². The molecule has 0 aromatic rings. The zero-order valence-electron chi connectivity index (χ0n) is 37.9. The highest BCUT2D eigenvalue weighted by molar-refractivity contribution is 5.69. The number of unbranched alkanes of at least 4 members (excludes halogenated alkanes) is 33. The molecule has 0 aromatic heterocycles. The van der Waals surface area contributed by atoms with E-state index in [1.165, 1.54) is 212 Å². The van der Waals surface area contributed by atoms with E-state index in [2.05, 4.69) is 50.3 Å². The van der Waals surface area contributed by atoms with Crippen LogP contribution in [0.25, 0.3) is 0 Å². The van der Waals surface area contributed by atoms with E-state index in [9.17, 15) is 9.90 Å². The monoisotopic (exact) mass is 787 g/mol. The number of aliphatic hydroxyl groups excluding tert-OH is 1. The lowest BCUT2D eigenvalue weighted by molar-refractivity contribution is -0.154. The Balaban J connectivity index is 3.40. The summed E-state index contributed by atoms with van der Waals surface area (Å²) in [7, 11) is 0. The molecule has 1 N–H and O–H groups in total.